The molecule has 0 spiro atoms. The van der Waals surface area contributed by atoms with E-state index in [1.807, 2.05) is 6.92 Å². The zero-order valence-corrected chi connectivity index (χ0v) is 26.9. The molecule has 0 bridgehead atoms. The van der Waals surface area contributed by atoms with Crippen LogP contribution in [0, 0.1) is 39.9 Å². The van der Waals surface area contributed by atoms with Crippen molar-refractivity contribution in [3.8, 4) is 0 Å². The van der Waals surface area contributed by atoms with Gasteiger partial charge in [0, 0.05) is 12.2 Å². The molecule has 8 nitrogen and oxygen atoms in total. The van der Waals surface area contributed by atoms with E-state index < -0.39 is 6.04 Å². The van der Waals surface area contributed by atoms with Crippen LogP contribution in [0.4, 0.5) is 0 Å². The number of nitrogens with two attached hydrogens (primary N) is 1. The molecule has 6 rings (SSSR count). The molecule has 1 saturated heterocycles. The third-order valence-electron chi connectivity index (χ3n) is 13.5. The Hall–Kier alpha value is -1.58. The van der Waals surface area contributed by atoms with Gasteiger partial charge in [0.15, 0.2) is 0 Å². The molecule has 4 aliphatic carbocycles. The molecule has 2 aliphatic heterocycles. The number of amides is 3. The van der Waals surface area contributed by atoms with E-state index >= 15 is 0 Å². The van der Waals surface area contributed by atoms with Crippen LogP contribution in [0.5, 0.6) is 0 Å². The Labute approximate surface area is 255 Å². The van der Waals surface area contributed by atoms with Crippen molar-refractivity contribution < 1.29 is 19.5 Å². The number of hydrogen-bond acceptors (Lipinski definition) is 6. The molecule has 2 heterocycles. The Morgan fingerprint density at radius 2 is 1.88 bits per heavy atom. The van der Waals surface area contributed by atoms with Crippen LogP contribution < -0.4 is 16.4 Å². The highest BCUT2D eigenvalue weighted by atomic mass is 32.2. The van der Waals surface area contributed by atoms with Gasteiger partial charge in [-0.1, -0.05) is 33.6 Å². The molecule has 4 saturated carbocycles. The van der Waals surface area contributed by atoms with Crippen LogP contribution in [0.15, 0.2) is 11.3 Å². The summed E-state index contributed by atoms with van der Waals surface area (Å²) < 4.78 is 0. The molecule has 10 atom stereocenters. The molecule has 3 amide bonds. The van der Waals surface area contributed by atoms with Crippen LogP contribution >= 0.6 is 11.8 Å². The lowest BCUT2D eigenvalue weighted by molar-refractivity contribution is -0.215. The van der Waals surface area contributed by atoms with Crippen LogP contribution in [0.2, 0.25) is 0 Å². The summed E-state index contributed by atoms with van der Waals surface area (Å²) in [4.78, 5) is 40.0. The van der Waals surface area contributed by atoms with Gasteiger partial charge in [0.1, 0.15) is 17.1 Å². The summed E-state index contributed by atoms with van der Waals surface area (Å²) in [6.45, 7) is 9.46. The van der Waals surface area contributed by atoms with Crippen molar-refractivity contribution in [2.24, 2.45) is 45.7 Å². The molecule has 234 valence electrons. The maximum atomic E-state index is 13.0. The quantitative estimate of drug-likeness (QED) is 0.256. The van der Waals surface area contributed by atoms with Crippen molar-refractivity contribution in [3.05, 3.63) is 11.3 Å². The van der Waals surface area contributed by atoms with Gasteiger partial charge >= 0.3 is 0 Å². The minimum atomic E-state index is -0.585. The minimum absolute atomic E-state index is 0.0107. The highest BCUT2D eigenvalue weighted by molar-refractivity contribution is 8.00. The molecule has 0 radical (unpaired) electrons. The predicted octanol–water partition coefficient (Wildman–Crippen LogP) is 4.27. The van der Waals surface area contributed by atoms with Gasteiger partial charge in [0.05, 0.1) is 12.8 Å². The average molecular weight is 601 g/mol. The van der Waals surface area contributed by atoms with Crippen LogP contribution in [-0.2, 0) is 14.4 Å². The smallest absolute Gasteiger partial charge is 0.269 e. The Kier molecular flexibility index (Phi) is 8.04. The van der Waals surface area contributed by atoms with E-state index in [1.165, 1.54) is 56.3 Å². The molecule has 5 fully saturated rings. The molecule has 6 aliphatic rings. The summed E-state index contributed by atoms with van der Waals surface area (Å²) in [5.41, 5.74) is 7.50. The fourth-order valence-corrected chi connectivity index (χ4v) is 12.3. The number of rotatable bonds is 7. The number of thioether (sulfide) groups is 1. The number of nitrogens with one attached hydrogen (secondary N) is 2. The summed E-state index contributed by atoms with van der Waals surface area (Å²) >= 11 is 1.59. The number of aliphatic hydroxyl groups is 1. The second kappa shape index (κ2) is 11.1. The summed E-state index contributed by atoms with van der Waals surface area (Å²) in [6.07, 6.45) is 13.1. The highest BCUT2D eigenvalue weighted by Gasteiger charge is 2.67. The van der Waals surface area contributed by atoms with Gasteiger partial charge in [-0.15, -0.1) is 11.8 Å². The van der Waals surface area contributed by atoms with Crippen molar-refractivity contribution in [1.82, 2.24) is 15.5 Å². The fraction of sp³-hybridized carbons (Fsp3) is 0.848. The number of β-lactam (4-membered cyclic amide) rings is 1. The maximum absolute atomic E-state index is 13.0. The largest absolute Gasteiger partial charge is 0.393 e. The van der Waals surface area contributed by atoms with Crippen LogP contribution in [0.1, 0.15) is 105 Å². The second-order valence-electron chi connectivity index (χ2n) is 15.2. The Balaban J connectivity index is 1.04. The molecular weight excluding hydrogens is 548 g/mol. The Morgan fingerprint density at radius 3 is 2.64 bits per heavy atom. The zero-order valence-electron chi connectivity index (χ0n) is 26.0. The zero-order chi connectivity index (χ0) is 30.0. The van der Waals surface area contributed by atoms with Gasteiger partial charge in [-0.25, -0.2) is 0 Å². The Morgan fingerprint density at radius 1 is 1.10 bits per heavy atom. The lowest BCUT2D eigenvalue weighted by Gasteiger charge is -2.67. The number of fused-ring (bicyclic) bond motifs is 6. The maximum Gasteiger partial charge on any atom is 0.269 e. The first-order valence-corrected chi connectivity index (χ1v) is 17.6. The van der Waals surface area contributed by atoms with Gasteiger partial charge in [0.25, 0.3) is 11.8 Å². The number of carbonyl (C=O) groups excluding carboxylic acids is 3. The highest BCUT2D eigenvalue weighted by Crippen LogP contribution is 2.72. The second-order valence-corrected chi connectivity index (χ2v) is 16.3. The Bertz CT molecular complexity index is 1160. The molecule has 9 heteroatoms. The van der Waals surface area contributed by atoms with E-state index in [2.05, 4.69) is 31.4 Å². The fourth-order valence-electron chi connectivity index (χ4n) is 11.0. The van der Waals surface area contributed by atoms with Gasteiger partial charge in [-0.3, -0.25) is 19.3 Å². The molecule has 0 aromatic heterocycles. The topological polar surface area (TPSA) is 125 Å². The normalized spacial score (nSPS) is 44.4. The first-order chi connectivity index (χ1) is 20.0. The molecule has 9 unspecified atom stereocenters. The van der Waals surface area contributed by atoms with Crippen molar-refractivity contribution in [2.45, 2.75) is 122 Å². The monoisotopic (exact) mass is 600 g/mol. The predicted molar refractivity (Wildman–Crippen MR) is 165 cm³/mol. The van der Waals surface area contributed by atoms with E-state index in [4.69, 9.17) is 5.73 Å². The molecule has 5 N–H and O–H groups in total. The van der Waals surface area contributed by atoms with E-state index in [1.54, 1.807) is 11.8 Å². The summed E-state index contributed by atoms with van der Waals surface area (Å²) in [7, 11) is 0. The van der Waals surface area contributed by atoms with Gasteiger partial charge in [-0.05, 0) is 110 Å². The van der Waals surface area contributed by atoms with Crippen molar-refractivity contribution >= 4 is 29.5 Å². The molecule has 0 aromatic carbocycles. The van der Waals surface area contributed by atoms with Gasteiger partial charge < -0.3 is 21.5 Å². The van der Waals surface area contributed by atoms with Crippen molar-refractivity contribution in [3.63, 3.8) is 0 Å². The third kappa shape index (κ3) is 4.49. The average Bonchev–Trinajstić information content (AvgIpc) is 3.28. The number of carbonyl (C=O) groups is 3. The molecule has 42 heavy (non-hydrogen) atoms. The first-order valence-electron chi connectivity index (χ1n) is 16.6. The summed E-state index contributed by atoms with van der Waals surface area (Å²) in [5, 5.41) is 16.9. The standard InChI is InChI=1S/C33H52N4O4S/c1-19-17-42-30-26(29(41)37(30)27(19)28(40)35-18-34)36-24(39)10-7-9-20-11-12-22-25-23(38)16-21-8-5-6-13-32(21,3)33(25,4)15-14-31(20,22)2/h20-23,25-26,30,38H,5-18,34H2,1-4H3,(H,35,40)(H,36,39)/t20?,21?,22?,23?,25?,26?,30?,31?,32-,33?/m1/s1. The molecule has 0 aromatic rings. The lowest BCUT2D eigenvalue weighted by atomic mass is 9.38. The van der Waals surface area contributed by atoms with Crippen LogP contribution in [-0.4, -0.2) is 57.7 Å². The van der Waals surface area contributed by atoms with E-state index in [9.17, 15) is 19.5 Å². The number of nitrogens with zero attached hydrogens (tertiary/aromatic N) is 1. The lowest BCUT2D eigenvalue weighted by Crippen LogP contribution is -2.71. The van der Waals surface area contributed by atoms with Crippen molar-refractivity contribution in [1.29, 1.82) is 0 Å². The summed E-state index contributed by atoms with van der Waals surface area (Å²) in [5.74, 6) is 2.20. The SMILES string of the molecule is CC1=C(C(=O)NCN)N2C(=O)C(NC(=O)CCCC3CCC4C5C(O)CC6CCCC[C@@]6(C)C5(C)CCC34C)C2SC1. The van der Waals surface area contributed by atoms with E-state index in [-0.39, 0.29) is 46.7 Å². The summed E-state index contributed by atoms with van der Waals surface area (Å²) in [6, 6.07) is -0.585. The van der Waals surface area contributed by atoms with Crippen LogP contribution in [0.3, 0.4) is 0 Å². The third-order valence-corrected chi connectivity index (χ3v) is 14.9. The molecular formula is C33H52N4O4S. The van der Waals surface area contributed by atoms with E-state index in [0.29, 0.717) is 47.0 Å². The minimum Gasteiger partial charge on any atom is -0.393 e. The van der Waals surface area contributed by atoms with Gasteiger partial charge in [0.2, 0.25) is 5.91 Å². The van der Waals surface area contributed by atoms with Crippen molar-refractivity contribution in [2.75, 3.05) is 12.4 Å². The first kappa shape index (κ1) is 30.4. The number of aliphatic hydroxyl groups excluding tert-OH is 1. The van der Waals surface area contributed by atoms with Gasteiger partial charge in [-0.2, -0.15) is 0 Å². The van der Waals surface area contributed by atoms with Crippen LogP contribution in [0.25, 0.3) is 0 Å². The van der Waals surface area contributed by atoms with E-state index in [0.717, 1.165) is 24.8 Å². The number of hydrogen-bond donors (Lipinski definition) is 4.